The first-order valence-corrected chi connectivity index (χ1v) is 11.9. The summed E-state index contributed by atoms with van der Waals surface area (Å²) in [6.07, 6.45) is 1.85. The van der Waals surface area contributed by atoms with Crippen LogP contribution in [-0.2, 0) is 11.2 Å². The number of nitrogens with one attached hydrogen (secondary N) is 3. The van der Waals surface area contributed by atoms with Crippen LogP contribution in [0.4, 0.5) is 5.82 Å². The van der Waals surface area contributed by atoms with Crippen LogP contribution in [0.1, 0.15) is 40.4 Å². The van der Waals surface area contributed by atoms with E-state index in [0.29, 0.717) is 22.9 Å². The number of ether oxygens (including phenoxy) is 2. The minimum atomic E-state index is -0.165. The maximum Gasteiger partial charge on any atom is 0.251 e. The summed E-state index contributed by atoms with van der Waals surface area (Å²) in [7, 11) is 3.11. The van der Waals surface area contributed by atoms with Crippen LogP contribution in [0.25, 0.3) is 10.8 Å². The molecular weight excluding hydrogens is 456 g/mol. The number of methoxy groups -OCH3 is 2. The molecule has 0 bridgehead atoms. The summed E-state index contributed by atoms with van der Waals surface area (Å²) in [6.45, 7) is 0. The number of fused-ring (bicyclic) bond motifs is 1. The molecule has 1 heterocycles. The van der Waals surface area contributed by atoms with Gasteiger partial charge < -0.3 is 20.1 Å². The van der Waals surface area contributed by atoms with E-state index in [9.17, 15) is 9.59 Å². The topological polar surface area (TPSA) is 105 Å². The van der Waals surface area contributed by atoms with Gasteiger partial charge in [0.2, 0.25) is 5.91 Å². The van der Waals surface area contributed by atoms with Gasteiger partial charge in [-0.15, -0.1) is 0 Å². The summed E-state index contributed by atoms with van der Waals surface area (Å²) in [5, 5.41) is 15.4. The zero-order chi connectivity index (χ0) is 25.1. The summed E-state index contributed by atoms with van der Waals surface area (Å²) in [5.41, 5.74) is 2.42. The van der Waals surface area contributed by atoms with Gasteiger partial charge in [-0.2, -0.15) is 5.10 Å². The van der Waals surface area contributed by atoms with E-state index < -0.39 is 0 Å². The Morgan fingerprint density at radius 3 is 2.44 bits per heavy atom. The van der Waals surface area contributed by atoms with Gasteiger partial charge in [-0.3, -0.25) is 14.7 Å². The first-order valence-electron chi connectivity index (χ1n) is 11.9. The second-order valence-electron chi connectivity index (χ2n) is 9.01. The van der Waals surface area contributed by atoms with Crippen molar-refractivity contribution >= 4 is 28.4 Å². The molecule has 0 atom stereocenters. The molecule has 5 rings (SSSR count). The summed E-state index contributed by atoms with van der Waals surface area (Å²) in [6, 6.07) is 21.1. The Kier molecular flexibility index (Phi) is 6.58. The number of benzene rings is 3. The van der Waals surface area contributed by atoms with E-state index in [1.807, 2.05) is 48.5 Å². The third kappa shape index (κ3) is 5.02. The molecule has 1 aliphatic carbocycles. The van der Waals surface area contributed by atoms with E-state index in [1.165, 1.54) is 0 Å². The van der Waals surface area contributed by atoms with Crippen molar-refractivity contribution in [1.29, 1.82) is 0 Å². The number of aromatic amines is 1. The van der Waals surface area contributed by atoms with Crippen molar-refractivity contribution in [3.8, 4) is 11.5 Å². The normalized spacial score (nSPS) is 16.7. The molecule has 1 aromatic heterocycles. The monoisotopic (exact) mass is 484 g/mol. The lowest BCUT2D eigenvalue weighted by Crippen LogP contribution is -2.43. The minimum absolute atomic E-state index is 0.0624. The lowest BCUT2D eigenvalue weighted by atomic mass is 9.78. The first-order chi connectivity index (χ1) is 17.5. The number of hydrogen-bond acceptors (Lipinski definition) is 5. The second kappa shape index (κ2) is 10.1. The SMILES string of the molecule is COc1cc(OC)cc(C(=O)NC2CC(c3cc(NC(=O)Cc4cccc5ccccc45)n[nH]3)C2)c1. The Morgan fingerprint density at radius 1 is 0.972 bits per heavy atom. The van der Waals surface area contributed by atoms with Crippen molar-refractivity contribution in [3.63, 3.8) is 0 Å². The molecule has 3 N–H and O–H groups in total. The molecule has 0 radical (unpaired) electrons. The number of H-pyrrole nitrogens is 1. The molecule has 0 spiro atoms. The maximum absolute atomic E-state index is 12.7. The van der Waals surface area contributed by atoms with Crippen molar-refractivity contribution in [1.82, 2.24) is 15.5 Å². The average molecular weight is 485 g/mol. The Hall–Kier alpha value is -4.33. The van der Waals surface area contributed by atoms with Crippen LogP contribution < -0.4 is 20.1 Å². The van der Waals surface area contributed by atoms with Crippen molar-refractivity contribution in [2.24, 2.45) is 0 Å². The molecule has 1 saturated carbocycles. The molecule has 3 aromatic carbocycles. The van der Waals surface area contributed by atoms with Crippen LogP contribution in [0.3, 0.4) is 0 Å². The van der Waals surface area contributed by atoms with Crippen LogP contribution in [0.15, 0.2) is 66.7 Å². The molecule has 4 aromatic rings. The van der Waals surface area contributed by atoms with Crippen LogP contribution in [0.2, 0.25) is 0 Å². The van der Waals surface area contributed by atoms with E-state index in [-0.39, 0.29) is 30.2 Å². The van der Waals surface area contributed by atoms with E-state index in [0.717, 1.165) is 34.9 Å². The molecule has 36 heavy (non-hydrogen) atoms. The molecule has 1 fully saturated rings. The fourth-order valence-corrected chi connectivity index (χ4v) is 4.61. The van der Waals surface area contributed by atoms with Crippen LogP contribution >= 0.6 is 0 Å². The number of carbonyl (C=O) groups excluding carboxylic acids is 2. The van der Waals surface area contributed by atoms with E-state index in [4.69, 9.17) is 9.47 Å². The predicted octanol–water partition coefficient (Wildman–Crippen LogP) is 4.44. The number of hydrogen-bond donors (Lipinski definition) is 3. The van der Waals surface area contributed by atoms with Crippen LogP contribution in [0.5, 0.6) is 11.5 Å². The maximum atomic E-state index is 12.7. The quantitative estimate of drug-likeness (QED) is 0.343. The Morgan fingerprint density at radius 2 is 1.69 bits per heavy atom. The van der Waals surface area contributed by atoms with Crippen LogP contribution in [-0.4, -0.2) is 42.3 Å². The summed E-state index contributed by atoms with van der Waals surface area (Å²) < 4.78 is 10.5. The second-order valence-corrected chi connectivity index (χ2v) is 9.01. The molecule has 0 unspecified atom stereocenters. The third-order valence-electron chi connectivity index (χ3n) is 6.62. The smallest absolute Gasteiger partial charge is 0.251 e. The van der Waals surface area contributed by atoms with Gasteiger partial charge in [0, 0.05) is 35.3 Å². The molecule has 0 saturated heterocycles. The predicted molar refractivity (Wildman–Crippen MR) is 138 cm³/mol. The molecule has 8 heteroatoms. The summed E-state index contributed by atoms with van der Waals surface area (Å²) in [4.78, 5) is 25.4. The van der Waals surface area contributed by atoms with E-state index in [2.05, 4.69) is 20.8 Å². The lowest BCUT2D eigenvalue weighted by molar-refractivity contribution is -0.115. The zero-order valence-electron chi connectivity index (χ0n) is 20.2. The number of aromatic nitrogens is 2. The van der Waals surface area contributed by atoms with Crippen LogP contribution in [0, 0.1) is 0 Å². The fourth-order valence-electron chi connectivity index (χ4n) is 4.61. The number of amides is 2. The van der Waals surface area contributed by atoms with Gasteiger partial charge in [0.25, 0.3) is 5.91 Å². The average Bonchev–Trinajstić information content (AvgIpc) is 3.33. The number of anilines is 1. The van der Waals surface area contributed by atoms with E-state index >= 15 is 0 Å². The van der Waals surface area contributed by atoms with Gasteiger partial charge >= 0.3 is 0 Å². The lowest BCUT2D eigenvalue weighted by Gasteiger charge is -2.35. The first kappa shape index (κ1) is 23.4. The van der Waals surface area contributed by atoms with Gasteiger partial charge in [-0.25, -0.2) is 0 Å². The van der Waals surface area contributed by atoms with Crippen molar-refractivity contribution in [2.75, 3.05) is 19.5 Å². The van der Waals surface area contributed by atoms with Gasteiger partial charge in [-0.05, 0) is 41.3 Å². The molecule has 1 aliphatic rings. The standard InChI is InChI=1S/C28H28N4O4/c1-35-22-12-20(13-23(15-22)36-2)28(34)29-21-10-19(11-21)25-16-26(32-31-25)30-27(33)14-18-8-5-7-17-6-3-4-9-24(17)18/h3-9,12-13,15-16,19,21H,10-11,14H2,1-2H3,(H,29,34)(H2,30,31,32,33). The zero-order valence-corrected chi connectivity index (χ0v) is 20.2. The number of rotatable bonds is 8. The minimum Gasteiger partial charge on any atom is -0.497 e. The van der Waals surface area contributed by atoms with Gasteiger partial charge in [0.15, 0.2) is 5.82 Å². The Labute approximate surface area is 209 Å². The highest BCUT2D eigenvalue weighted by Crippen LogP contribution is 2.37. The molecule has 184 valence electrons. The van der Waals surface area contributed by atoms with Crippen molar-refractivity contribution < 1.29 is 19.1 Å². The Bertz CT molecular complexity index is 1380. The van der Waals surface area contributed by atoms with Crippen molar-refractivity contribution in [3.05, 3.63) is 83.6 Å². The highest BCUT2D eigenvalue weighted by molar-refractivity contribution is 5.96. The van der Waals surface area contributed by atoms with Crippen molar-refractivity contribution in [2.45, 2.75) is 31.2 Å². The molecule has 2 amide bonds. The molecular formula is C28H28N4O4. The highest BCUT2D eigenvalue weighted by Gasteiger charge is 2.33. The number of carbonyl (C=O) groups is 2. The molecule has 8 nitrogen and oxygen atoms in total. The van der Waals surface area contributed by atoms with E-state index in [1.54, 1.807) is 32.4 Å². The largest absolute Gasteiger partial charge is 0.497 e. The summed E-state index contributed by atoms with van der Waals surface area (Å²) >= 11 is 0. The Balaban J connectivity index is 1.14. The summed E-state index contributed by atoms with van der Waals surface area (Å²) in [5.74, 6) is 1.60. The third-order valence-corrected chi connectivity index (χ3v) is 6.62. The molecule has 0 aliphatic heterocycles. The number of nitrogens with zero attached hydrogens (tertiary/aromatic N) is 1. The van der Waals surface area contributed by atoms with Gasteiger partial charge in [0.05, 0.1) is 20.6 Å². The highest BCUT2D eigenvalue weighted by atomic mass is 16.5. The fraction of sp³-hybridized carbons (Fsp3) is 0.250. The van der Waals surface area contributed by atoms with Gasteiger partial charge in [-0.1, -0.05) is 42.5 Å². The van der Waals surface area contributed by atoms with Gasteiger partial charge in [0.1, 0.15) is 11.5 Å².